The topological polar surface area (TPSA) is 72.0 Å². The lowest BCUT2D eigenvalue weighted by molar-refractivity contribution is -0.137. The first-order valence-corrected chi connectivity index (χ1v) is 11.5. The quantitative estimate of drug-likeness (QED) is 0.742. The Morgan fingerprint density at radius 1 is 1.19 bits per heavy atom. The van der Waals surface area contributed by atoms with Crippen molar-refractivity contribution in [2.75, 3.05) is 25.4 Å². The Morgan fingerprint density at radius 3 is 2.53 bits per heavy atom. The van der Waals surface area contributed by atoms with Gasteiger partial charge in [0.2, 0.25) is 0 Å². The van der Waals surface area contributed by atoms with Gasteiger partial charge in [-0.25, -0.2) is 4.98 Å². The normalized spacial score (nSPS) is 30.7. The number of rotatable bonds is 4. The molecule has 3 N–H and O–H groups in total. The summed E-state index contributed by atoms with van der Waals surface area (Å²) < 4.78 is 41.9. The van der Waals surface area contributed by atoms with E-state index < -0.39 is 17.6 Å². The first-order valence-electron chi connectivity index (χ1n) is 11.5. The number of nitrogens with one attached hydrogen (secondary N) is 1. The van der Waals surface area contributed by atoms with Crippen molar-refractivity contribution in [1.82, 2.24) is 25.0 Å². The van der Waals surface area contributed by atoms with Crippen molar-refractivity contribution in [3.8, 4) is 11.3 Å². The maximum atomic E-state index is 13.3. The molecule has 2 saturated carbocycles. The van der Waals surface area contributed by atoms with Crippen molar-refractivity contribution in [3.05, 3.63) is 29.6 Å². The van der Waals surface area contributed by atoms with Gasteiger partial charge in [-0.2, -0.15) is 18.3 Å². The Morgan fingerprint density at radius 2 is 1.91 bits per heavy atom. The molecule has 2 aliphatic carbocycles. The standard InChI is InChI=1S/C23H31F3N6/c1-12(2)32-20(9-19(30-32)14-6-18(23(24,25)26)22(27)29-10-14)21-16-7-15(8-17(16)21)31-5-4-28-13(3)11-31/h6,9-10,12-13,15-17,21,28H,4-5,7-8,11H2,1-3H3,(H2,27,29)/t13-,15?,16-,17+,21?/m0/s1. The minimum atomic E-state index is -4.54. The van der Waals surface area contributed by atoms with Gasteiger partial charge in [-0.15, -0.1) is 0 Å². The molecule has 5 rings (SSSR count). The third kappa shape index (κ3) is 3.79. The van der Waals surface area contributed by atoms with Crippen LogP contribution in [0.1, 0.15) is 56.8 Å². The van der Waals surface area contributed by atoms with Gasteiger partial charge in [-0.05, 0) is 57.6 Å². The number of nitrogens with zero attached hydrogens (tertiary/aromatic N) is 4. The highest BCUT2D eigenvalue weighted by Gasteiger charge is 2.58. The summed E-state index contributed by atoms with van der Waals surface area (Å²) in [5.41, 5.74) is 6.59. The number of nitrogens with two attached hydrogens (primary N) is 1. The van der Waals surface area contributed by atoms with Crippen LogP contribution in [0.3, 0.4) is 0 Å². The third-order valence-electron chi connectivity index (χ3n) is 7.45. The lowest BCUT2D eigenvalue weighted by Gasteiger charge is -2.37. The number of nitrogen functional groups attached to an aromatic ring is 1. The molecule has 32 heavy (non-hydrogen) atoms. The van der Waals surface area contributed by atoms with Crippen molar-refractivity contribution in [1.29, 1.82) is 0 Å². The second kappa shape index (κ2) is 7.73. The van der Waals surface area contributed by atoms with Gasteiger partial charge in [0, 0.05) is 61.1 Å². The number of hydrogen-bond acceptors (Lipinski definition) is 5. The maximum absolute atomic E-state index is 13.3. The molecule has 0 bridgehead atoms. The Kier molecular flexibility index (Phi) is 5.24. The molecule has 0 aromatic carbocycles. The summed E-state index contributed by atoms with van der Waals surface area (Å²) in [5, 5.41) is 8.20. The number of fused-ring (bicyclic) bond motifs is 1. The van der Waals surface area contributed by atoms with Crippen molar-refractivity contribution < 1.29 is 13.2 Å². The van der Waals surface area contributed by atoms with E-state index in [1.54, 1.807) is 0 Å². The van der Waals surface area contributed by atoms with Gasteiger partial charge >= 0.3 is 6.18 Å². The number of hydrogen-bond donors (Lipinski definition) is 2. The molecule has 6 nitrogen and oxygen atoms in total. The predicted molar refractivity (Wildman–Crippen MR) is 117 cm³/mol. The first-order chi connectivity index (χ1) is 15.1. The van der Waals surface area contributed by atoms with Gasteiger partial charge < -0.3 is 11.1 Å². The molecule has 174 valence electrons. The molecule has 9 heteroatoms. The van der Waals surface area contributed by atoms with Crippen LogP contribution >= 0.6 is 0 Å². The molecular formula is C23H31F3N6. The summed E-state index contributed by atoms with van der Waals surface area (Å²) in [6.07, 6.45) is -0.762. The van der Waals surface area contributed by atoms with Crippen LogP contribution in [-0.4, -0.2) is 51.4 Å². The zero-order valence-electron chi connectivity index (χ0n) is 18.7. The van der Waals surface area contributed by atoms with Gasteiger partial charge in [-0.1, -0.05) is 0 Å². The lowest BCUT2D eigenvalue weighted by Crippen LogP contribution is -2.52. The number of aromatic nitrogens is 3. The molecule has 2 unspecified atom stereocenters. The van der Waals surface area contributed by atoms with Crippen LogP contribution in [0.4, 0.5) is 19.0 Å². The summed E-state index contributed by atoms with van der Waals surface area (Å²) in [5.74, 6) is 1.22. The molecule has 3 fully saturated rings. The summed E-state index contributed by atoms with van der Waals surface area (Å²) in [6.45, 7) is 9.63. The van der Waals surface area contributed by atoms with E-state index in [2.05, 4.69) is 41.1 Å². The van der Waals surface area contributed by atoms with Crippen molar-refractivity contribution in [2.45, 2.75) is 63.8 Å². The second-order valence-corrected chi connectivity index (χ2v) is 9.98. The van der Waals surface area contributed by atoms with Crippen LogP contribution in [-0.2, 0) is 6.18 Å². The van der Waals surface area contributed by atoms with E-state index in [0.717, 1.165) is 31.4 Å². The van der Waals surface area contributed by atoms with Crippen LogP contribution in [0.15, 0.2) is 18.3 Å². The largest absolute Gasteiger partial charge is 0.419 e. The Hall–Kier alpha value is -2.13. The molecule has 0 spiro atoms. The van der Waals surface area contributed by atoms with Gasteiger partial charge in [0.15, 0.2) is 0 Å². The van der Waals surface area contributed by atoms with E-state index >= 15 is 0 Å². The fraction of sp³-hybridized carbons (Fsp3) is 0.652. The Labute approximate surface area is 186 Å². The number of anilines is 1. The van der Waals surface area contributed by atoms with E-state index in [1.807, 2.05) is 10.7 Å². The Balaban J connectivity index is 1.37. The van der Waals surface area contributed by atoms with E-state index in [1.165, 1.54) is 19.0 Å². The SMILES string of the molecule is CC(C)n1nc(-c2cnc(N)c(C(F)(F)F)c2)cc1C1[C@H]2CC(N3CCN[C@@H](C)C3)C[C@@H]12. The average molecular weight is 449 g/mol. The highest BCUT2D eigenvalue weighted by Crippen LogP contribution is 2.64. The molecule has 1 saturated heterocycles. The zero-order chi connectivity index (χ0) is 22.8. The van der Waals surface area contributed by atoms with E-state index in [4.69, 9.17) is 5.73 Å². The van der Waals surface area contributed by atoms with Gasteiger partial charge in [0.25, 0.3) is 0 Å². The molecule has 0 radical (unpaired) electrons. The number of halogens is 3. The van der Waals surface area contributed by atoms with E-state index in [9.17, 15) is 13.2 Å². The molecule has 2 aromatic rings. The number of pyridine rings is 1. The van der Waals surface area contributed by atoms with Crippen LogP contribution in [0, 0.1) is 11.8 Å². The van der Waals surface area contributed by atoms with Gasteiger partial charge in [-0.3, -0.25) is 9.58 Å². The Bertz CT molecular complexity index is 988. The second-order valence-electron chi connectivity index (χ2n) is 9.98. The highest BCUT2D eigenvalue weighted by atomic mass is 19.4. The van der Waals surface area contributed by atoms with Crippen molar-refractivity contribution in [2.24, 2.45) is 11.8 Å². The fourth-order valence-corrected chi connectivity index (χ4v) is 5.90. The predicted octanol–water partition coefficient (Wildman–Crippen LogP) is 3.91. The van der Waals surface area contributed by atoms with Crippen molar-refractivity contribution >= 4 is 5.82 Å². The van der Waals surface area contributed by atoms with Crippen LogP contribution in [0.5, 0.6) is 0 Å². The molecule has 5 atom stereocenters. The minimum Gasteiger partial charge on any atom is -0.383 e. The monoisotopic (exact) mass is 448 g/mol. The fourth-order valence-electron chi connectivity index (χ4n) is 5.90. The summed E-state index contributed by atoms with van der Waals surface area (Å²) in [6, 6.07) is 4.36. The van der Waals surface area contributed by atoms with Crippen LogP contribution < -0.4 is 11.1 Å². The molecule has 2 aromatic heterocycles. The maximum Gasteiger partial charge on any atom is 0.419 e. The molecule has 0 amide bonds. The number of piperazine rings is 1. The average Bonchev–Trinajstić information content (AvgIpc) is 3.08. The lowest BCUT2D eigenvalue weighted by atomic mass is 10.0. The molecule has 3 aliphatic rings. The van der Waals surface area contributed by atoms with Crippen LogP contribution in [0.25, 0.3) is 11.3 Å². The smallest absolute Gasteiger partial charge is 0.383 e. The number of alkyl halides is 3. The summed E-state index contributed by atoms with van der Waals surface area (Å²) in [4.78, 5) is 6.42. The first kappa shape index (κ1) is 21.7. The summed E-state index contributed by atoms with van der Waals surface area (Å²) >= 11 is 0. The molecular weight excluding hydrogens is 417 g/mol. The molecule has 3 heterocycles. The van der Waals surface area contributed by atoms with Gasteiger partial charge in [0.1, 0.15) is 5.82 Å². The third-order valence-corrected chi connectivity index (χ3v) is 7.45. The van der Waals surface area contributed by atoms with Crippen molar-refractivity contribution in [3.63, 3.8) is 0 Å². The zero-order valence-corrected chi connectivity index (χ0v) is 18.7. The van der Waals surface area contributed by atoms with E-state index in [0.29, 0.717) is 41.1 Å². The van der Waals surface area contributed by atoms with Crippen LogP contribution in [0.2, 0.25) is 0 Å². The van der Waals surface area contributed by atoms with Gasteiger partial charge in [0.05, 0.1) is 11.3 Å². The molecule has 1 aliphatic heterocycles. The minimum absolute atomic E-state index is 0.133. The highest BCUT2D eigenvalue weighted by molar-refractivity contribution is 5.63. The van der Waals surface area contributed by atoms with E-state index in [-0.39, 0.29) is 6.04 Å². The summed E-state index contributed by atoms with van der Waals surface area (Å²) in [7, 11) is 0.